The molecule has 0 spiro atoms. The first kappa shape index (κ1) is 23.1. The molecule has 0 saturated carbocycles. The largest absolute Gasteiger partial charge is 0.449 e. The van der Waals surface area contributed by atoms with E-state index < -0.39 is 17.8 Å². The molecule has 2 aromatic rings. The molecule has 0 saturated heterocycles. The molecule has 8 nitrogen and oxygen atoms in total. The number of alkyl carbamates (subject to hydrolysis) is 2. The van der Waals surface area contributed by atoms with E-state index in [9.17, 15) is 14.4 Å². The predicted molar refractivity (Wildman–Crippen MR) is 120 cm³/mol. The van der Waals surface area contributed by atoms with Crippen molar-refractivity contribution in [2.24, 2.45) is 0 Å². The Balaban J connectivity index is 1.38. The Hall–Kier alpha value is -3.55. The first-order chi connectivity index (χ1) is 15.2. The maximum atomic E-state index is 12.1. The zero-order valence-corrected chi connectivity index (χ0v) is 18.6. The summed E-state index contributed by atoms with van der Waals surface area (Å²) in [7, 11) is 0. The van der Waals surface area contributed by atoms with Gasteiger partial charge >= 0.3 is 12.2 Å². The van der Waals surface area contributed by atoms with Gasteiger partial charge in [-0.25, -0.2) is 9.59 Å². The molecular weight excluding hydrogens is 410 g/mol. The number of amides is 3. The molecule has 0 heterocycles. The molecular formula is C24H29N3O5. The van der Waals surface area contributed by atoms with Crippen LogP contribution in [0.4, 0.5) is 9.59 Å². The number of hydrogen-bond acceptors (Lipinski definition) is 5. The zero-order chi connectivity index (χ0) is 23.1. The Labute approximate surface area is 187 Å². The third-order valence-electron chi connectivity index (χ3n) is 4.85. The average Bonchev–Trinajstić information content (AvgIpc) is 3.06. The van der Waals surface area contributed by atoms with Gasteiger partial charge in [-0.3, -0.25) is 4.79 Å². The van der Waals surface area contributed by atoms with Crippen molar-refractivity contribution in [3.8, 4) is 11.1 Å². The summed E-state index contributed by atoms with van der Waals surface area (Å²) in [5.74, 6) is -0.426. The van der Waals surface area contributed by atoms with Crippen LogP contribution in [0.2, 0.25) is 0 Å². The molecule has 32 heavy (non-hydrogen) atoms. The summed E-state index contributed by atoms with van der Waals surface area (Å²) in [6.07, 6.45) is -1.21. The molecule has 2 aromatic carbocycles. The van der Waals surface area contributed by atoms with Crippen LogP contribution in [0, 0.1) is 0 Å². The maximum absolute atomic E-state index is 12.1. The second-order valence-corrected chi connectivity index (χ2v) is 8.46. The number of benzene rings is 2. The highest BCUT2D eigenvalue weighted by molar-refractivity contribution is 5.82. The third-order valence-corrected chi connectivity index (χ3v) is 4.85. The van der Waals surface area contributed by atoms with E-state index in [1.54, 1.807) is 20.8 Å². The Bertz CT molecular complexity index is 938. The minimum Gasteiger partial charge on any atom is -0.449 e. The lowest BCUT2D eigenvalue weighted by molar-refractivity contribution is -0.120. The van der Waals surface area contributed by atoms with Crippen LogP contribution >= 0.6 is 0 Å². The highest BCUT2D eigenvalue weighted by Gasteiger charge is 2.29. The average molecular weight is 440 g/mol. The van der Waals surface area contributed by atoms with Crippen molar-refractivity contribution in [1.29, 1.82) is 0 Å². The standard InChI is InChI=1S/C24H29N3O5/c1-24(2,3)32-23(30)26-13-12-25-21(28)14-27-22(29)31-15-20-18-10-6-4-8-16(18)17-9-5-7-11-19(17)20/h4-11,20H,12-15H2,1-3H3,(H,25,28)(H,26,30)(H,27,29). The fourth-order valence-corrected chi connectivity index (χ4v) is 3.55. The van der Waals surface area contributed by atoms with Crippen LogP contribution in [-0.4, -0.2) is 49.9 Å². The topological polar surface area (TPSA) is 106 Å². The molecule has 0 fully saturated rings. The molecule has 0 radical (unpaired) electrons. The Morgan fingerprint density at radius 2 is 1.38 bits per heavy atom. The summed E-state index contributed by atoms with van der Waals surface area (Å²) in [6.45, 7) is 5.69. The predicted octanol–water partition coefficient (Wildman–Crippen LogP) is 3.17. The maximum Gasteiger partial charge on any atom is 0.407 e. The Morgan fingerprint density at radius 1 is 0.812 bits per heavy atom. The molecule has 3 N–H and O–H groups in total. The van der Waals surface area contributed by atoms with E-state index in [1.165, 1.54) is 0 Å². The van der Waals surface area contributed by atoms with E-state index in [1.807, 2.05) is 36.4 Å². The van der Waals surface area contributed by atoms with Gasteiger partial charge in [0.15, 0.2) is 0 Å². The van der Waals surface area contributed by atoms with Gasteiger partial charge in [-0.2, -0.15) is 0 Å². The summed E-state index contributed by atoms with van der Waals surface area (Å²) < 4.78 is 10.5. The lowest BCUT2D eigenvalue weighted by Gasteiger charge is -2.19. The van der Waals surface area contributed by atoms with Gasteiger partial charge in [0.05, 0.1) is 6.54 Å². The molecule has 0 bridgehead atoms. The number of carbonyl (C=O) groups excluding carboxylic acids is 3. The molecule has 3 amide bonds. The van der Waals surface area contributed by atoms with Gasteiger partial charge in [-0.1, -0.05) is 48.5 Å². The van der Waals surface area contributed by atoms with Gasteiger partial charge in [-0.15, -0.1) is 0 Å². The molecule has 170 valence electrons. The van der Waals surface area contributed by atoms with Gasteiger partial charge in [0, 0.05) is 19.0 Å². The summed E-state index contributed by atoms with van der Waals surface area (Å²) >= 11 is 0. The van der Waals surface area contributed by atoms with E-state index in [2.05, 4.69) is 28.1 Å². The SMILES string of the molecule is CC(C)(C)OC(=O)NCCNC(=O)CNC(=O)OCC1c2ccccc2-c2ccccc21. The highest BCUT2D eigenvalue weighted by atomic mass is 16.6. The number of rotatable bonds is 7. The summed E-state index contributed by atoms with van der Waals surface area (Å²) in [5.41, 5.74) is 3.96. The molecule has 1 aliphatic rings. The quantitative estimate of drug-likeness (QED) is 0.575. The van der Waals surface area contributed by atoms with Crippen LogP contribution in [0.15, 0.2) is 48.5 Å². The van der Waals surface area contributed by atoms with E-state index in [0.717, 1.165) is 22.3 Å². The Kier molecular flexibility index (Phi) is 7.35. The lowest BCUT2D eigenvalue weighted by atomic mass is 9.98. The fraction of sp³-hybridized carbons (Fsp3) is 0.375. The van der Waals surface area contributed by atoms with Crippen LogP contribution in [0.25, 0.3) is 11.1 Å². The minimum atomic E-state index is -0.658. The molecule has 1 aliphatic carbocycles. The van der Waals surface area contributed by atoms with E-state index >= 15 is 0 Å². The Morgan fingerprint density at radius 3 is 1.97 bits per heavy atom. The number of hydrogen-bond donors (Lipinski definition) is 3. The zero-order valence-electron chi connectivity index (χ0n) is 18.6. The number of fused-ring (bicyclic) bond motifs is 3. The van der Waals surface area contributed by atoms with E-state index in [-0.39, 0.29) is 38.1 Å². The highest BCUT2D eigenvalue weighted by Crippen LogP contribution is 2.44. The third kappa shape index (κ3) is 6.23. The summed E-state index contributed by atoms with van der Waals surface area (Å²) in [5, 5.41) is 7.59. The number of nitrogens with one attached hydrogen (secondary N) is 3. The van der Waals surface area contributed by atoms with Gasteiger partial charge in [0.2, 0.25) is 5.91 Å². The number of carbonyl (C=O) groups is 3. The van der Waals surface area contributed by atoms with Crippen LogP contribution in [-0.2, 0) is 14.3 Å². The molecule has 0 aliphatic heterocycles. The molecule has 0 aromatic heterocycles. The van der Waals surface area contributed by atoms with E-state index in [4.69, 9.17) is 9.47 Å². The van der Waals surface area contributed by atoms with E-state index in [0.29, 0.717) is 0 Å². The fourth-order valence-electron chi connectivity index (χ4n) is 3.55. The minimum absolute atomic E-state index is 0.0408. The second kappa shape index (κ2) is 10.2. The lowest BCUT2D eigenvalue weighted by Crippen LogP contribution is -2.41. The second-order valence-electron chi connectivity index (χ2n) is 8.46. The normalized spacial score (nSPS) is 12.3. The molecule has 8 heteroatoms. The van der Waals surface area contributed by atoms with Crippen LogP contribution in [0.3, 0.4) is 0 Å². The summed E-state index contributed by atoms with van der Waals surface area (Å²) in [4.78, 5) is 35.5. The summed E-state index contributed by atoms with van der Waals surface area (Å²) in [6, 6.07) is 16.1. The first-order valence-corrected chi connectivity index (χ1v) is 10.6. The van der Waals surface area contributed by atoms with Crippen molar-refractivity contribution in [3.05, 3.63) is 59.7 Å². The van der Waals surface area contributed by atoms with Crippen molar-refractivity contribution in [2.75, 3.05) is 26.2 Å². The van der Waals surface area contributed by atoms with Crippen molar-refractivity contribution in [2.45, 2.75) is 32.3 Å². The van der Waals surface area contributed by atoms with Crippen LogP contribution in [0.1, 0.15) is 37.8 Å². The van der Waals surface area contributed by atoms with Gasteiger partial charge < -0.3 is 25.4 Å². The monoisotopic (exact) mass is 439 g/mol. The number of ether oxygens (including phenoxy) is 2. The van der Waals surface area contributed by atoms with Gasteiger partial charge in [0.25, 0.3) is 0 Å². The molecule has 3 rings (SSSR count). The van der Waals surface area contributed by atoms with Crippen molar-refractivity contribution < 1.29 is 23.9 Å². The van der Waals surface area contributed by atoms with Crippen molar-refractivity contribution in [1.82, 2.24) is 16.0 Å². The van der Waals surface area contributed by atoms with Gasteiger partial charge in [0.1, 0.15) is 12.2 Å². The van der Waals surface area contributed by atoms with Crippen LogP contribution in [0.5, 0.6) is 0 Å². The first-order valence-electron chi connectivity index (χ1n) is 10.6. The van der Waals surface area contributed by atoms with Crippen LogP contribution < -0.4 is 16.0 Å². The van der Waals surface area contributed by atoms with Crippen molar-refractivity contribution >= 4 is 18.1 Å². The van der Waals surface area contributed by atoms with Crippen molar-refractivity contribution in [3.63, 3.8) is 0 Å². The molecule has 0 unspecified atom stereocenters. The molecule has 0 atom stereocenters. The smallest absolute Gasteiger partial charge is 0.407 e. The van der Waals surface area contributed by atoms with Gasteiger partial charge in [-0.05, 0) is 43.0 Å².